The number of hydrogen-bond acceptors (Lipinski definition) is 3. The second-order valence-electron chi connectivity index (χ2n) is 4.22. The van der Waals surface area contributed by atoms with Gasteiger partial charge in [0.25, 0.3) is 0 Å². The molecule has 2 aromatic rings. The molecule has 0 saturated carbocycles. The first-order chi connectivity index (χ1) is 8.70. The Morgan fingerprint density at radius 1 is 1.39 bits per heavy atom. The van der Waals surface area contributed by atoms with E-state index in [-0.39, 0.29) is 12.6 Å². The van der Waals surface area contributed by atoms with Gasteiger partial charge in [-0.1, -0.05) is 28.1 Å². The van der Waals surface area contributed by atoms with Crippen LogP contribution in [0.4, 0.5) is 0 Å². The molecule has 0 bridgehead atoms. The van der Waals surface area contributed by atoms with Crippen LogP contribution in [-0.2, 0) is 6.54 Å². The molecule has 18 heavy (non-hydrogen) atoms. The number of aliphatic hydroxyl groups is 1. The molecule has 0 aliphatic heterocycles. The highest BCUT2D eigenvalue weighted by molar-refractivity contribution is 9.10. The topological polar surface area (TPSA) is 45.4 Å². The predicted octanol–water partition coefficient (Wildman–Crippen LogP) is 3.17. The number of hydrogen-bond donors (Lipinski definition) is 2. The summed E-state index contributed by atoms with van der Waals surface area (Å²) in [6, 6.07) is 9.73. The summed E-state index contributed by atoms with van der Waals surface area (Å²) in [5, 5.41) is 12.6. The van der Waals surface area contributed by atoms with Crippen LogP contribution in [0.15, 0.2) is 45.5 Å². The zero-order chi connectivity index (χ0) is 13.0. The lowest BCUT2D eigenvalue weighted by Gasteiger charge is -2.14. The van der Waals surface area contributed by atoms with Gasteiger partial charge in [0.05, 0.1) is 18.9 Å². The first kappa shape index (κ1) is 13.3. The Balaban J connectivity index is 1.99. The second kappa shape index (κ2) is 6.18. The van der Waals surface area contributed by atoms with Crippen molar-refractivity contribution >= 4 is 15.9 Å². The van der Waals surface area contributed by atoms with Crippen molar-refractivity contribution in [1.82, 2.24) is 5.32 Å². The molecule has 0 spiro atoms. The van der Waals surface area contributed by atoms with Gasteiger partial charge in [-0.15, -0.1) is 0 Å². The van der Waals surface area contributed by atoms with Crippen LogP contribution in [0.2, 0.25) is 0 Å². The minimum atomic E-state index is -0.163. The monoisotopic (exact) mass is 309 g/mol. The zero-order valence-electron chi connectivity index (χ0n) is 10.2. The third kappa shape index (κ3) is 3.22. The maximum Gasteiger partial charge on any atom is 0.123 e. The molecule has 0 saturated heterocycles. The van der Waals surface area contributed by atoms with Crippen LogP contribution in [-0.4, -0.2) is 11.7 Å². The van der Waals surface area contributed by atoms with E-state index in [0.717, 1.165) is 10.2 Å². The van der Waals surface area contributed by atoms with E-state index in [0.29, 0.717) is 6.54 Å². The number of rotatable bonds is 5. The van der Waals surface area contributed by atoms with Crippen LogP contribution >= 0.6 is 15.9 Å². The highest BCUT2D eigenvalue weighted by atomic mass is 79.9. The fourth-order valence-corrected chi connectivity index (χ4v) is 2.05. The maximum absolute atomic E-state index is 9.34. The van der Waals surface area contributed by atoms with Crippen LogP contribution in [0.25, 0.3) is 0 Å². The Morgan fingerprint density at radius 2 is 2.22 bits per heavy atom. The lowest BCUT2D eigenvalue weighted by Crippen LogP contribution is -2.23. The van der Waals surface area contributed by atoms with E-state index in [1.165, 1.54) is 11.1 Å². The SMILES string of the molecule is Cc1cc(CNC(CO)c2ccco2)ccc1Br. The highest BCUT2D eigenvalue weighted by Gasteiger charge is 2.12. The molecule has 3 nitrogen and oxygen atoms in total. The quantitative estimate of drug-likeness (QED) is 0.891. The highest BCUT2D eigenvalue weighted by Crippen LogP contribution is 2.18. The standard InChI is InChI=1S/C14H16BrNO2/c1-10-7-11(4-5-12(10)15)8-16-13(9-17)14-3-2-6-18-14/h2-7,13,16-17H,8-9H2,1H3. The smallest absolute Gasteiger partial charge is 0.123 e. The van der Waals surface area contributed by atoms with Gasteiger partial charge in [0.15, 0.2) is 0 Å². The summed E-state index contributed by atoms with van der Waals surface area (Å²) in [6.07, 6.45) is 1.61. The summed E-state index contributed by atoms with van der Waals surface area (Å²) in [5.74, 6) is 0.756. The van der Waals surface area contributed by atoms with E-state index in [9.17, 15) is 5.11 Å². The summed E-state index contributed by atoms with van der Waals surface area (Å²) in [6.45, 7) is 2.77. The lowest BCUT2D eigenvalue weighted by molar-refractivity contribution is 0.225. The van der Waals surface area contributed by atoms with Gasteiger partial charge in [-0.25, -0.2) is 0 Å². The molecule has 1 atom stereocenters. The number of nitrogens with one attached hydrogen (secondary N) is 1. The van der Waals surface area contributed by atoms with Crippen molar-refractivity contribution in [1.29, 1.82) is 0 Å². The molecule has 0 radical (unpaired) electrons. The molecular weight excluding hydrogens is 294 g/mol. The number of halogens is 1. The van der Waals surface area contributed by atoms with Gasteiger partial charge in [-0.2, -0.15) is 0 Å². The predicted molar refractivity (Wildman–Crippen MR) is 74.3 cm³/mol. The average molecular weight is 310 g/mol. The number of aryl methyl sites for hydroxylation is 1. The largest absolute Gasteiger partial charge is 0.468 e. The molecule has 4 heteroatoms. The van der Waals surface area contributed by atoms with E-state index in [1.54, 1.807) is 6.26 Å². The number of furan rings is 1. The average Bonchev–Trinajstić information content (AvgIpc) is 2.88. The fourth-order valence-electron chi connectivity index (χ4n) is 1.80. The van der Waals surface area contributed by atoms with Gasteiger partial charge in [-0.3, -0.25) is 0 Å². The molecule has 1 aromatic carbocycles. The molecule has 2 N–H and O–H groups in total. The van der Waals surface area contributed by atoms with Gasteiger partial charge in [-0.05, 0) is 36.2 Å². The van der Waals surface area contributed by atoms with E-state index >= 15 is 0 Å². The Kier molecular flexibility index (Phi) is 4.58. The van der Waals surface area contributed by atoms with Crippen molar-refractivity contribution in [2.24, 2.45) is 0 Å². The van der Waals surface area contributed by atoms with Crippen LogP contribution < -0.4 is 5.32 Å². The van der Waals surface area contributed by atoms with Crippen molar-refractivity contribution in [3.63, 3.8) is 0 Å². The van der Waals surface area contributed by atoms with Crippen molar-refractivity contribution in [3.8, 4) is 0 Å². The Hall–Kier alpha value is -1.10. The van der Waals surface area contributed by atoms with E-state index in [4.69, 9.17) is 4.42 Å². The van der Waals surface area contributed by atoms with Gasteiger partial charge in [0.2, 0.25) is 0 Å². The Labute approximate surface area is 115 Å². The molecule has 1 heterocycles. The van der Waals surface area contributed by atoms with Crippen LogP contribution in [0, 0.1) is 6.92 Å². The first-order valence-electron chi connectivity index (χ1n) is 5.83. The maximum atomic E-state index is 9.34. The lowest BCUT2D eigenvalue weighted by atomic mass is 10.1. The van der Waals surface area contributed by atoms with Gasteiger partial charge in [0.1, 0.15) is 5.76 Å². The van der Waals surface area contributed by atoms with E-state index < -0.39 is 0 Å². The third-order valence-electron chi connectivity index (χ3n) is 2.84. The van der Waals surface area contributed by atoms with Crippen molar-refractivity contribution in [2.45, 2.75) is 19.5 Å². The van der Waals surface area contributed by atoms with E-state index in [2.05, 4.69) is 40.3 Å². The van der Waals surface area contributed by atoms with Gasteiger partial charge >= 0.3 is 0 Å². The summed E-state index contributed by atoms with van der Waals surface area (Å²) >= 11 is 3.48. The van der Waals surface area contributed by atoms with Gasteiger partial charge in [0, 0.05) is 11.0 Å². The Morgan fingerprint density at radius 3 is 2.83 bits per heavy atom. The second-order valence-corrected chi connectivity index (χ2v) is 5.07. The molecule has 96 valence electrons. The molecule has 0 aliphatic carbocycles. The van der Waals surface area contributed by atoms with Crippen molar-refractivity contribution in [3.05, 3.63) is 58.0 Å². The fraction of sp³-hybridized carbons (Fsp3) is 0.286. The van der Waals surface area contributed by atoms with Crippen molar-refractivity contribution < 1.29 is 9.52 Å². The summed E-state index contributed by atoms with van der Waals surface area (Å²) in [5.41, 5.74) is 2.38. The molecule has 0 amide bonds. The minimum Gasteiger partial charge on any atom is -0.468 e. The molecule has 0 fully saturated rings. The summed E-state index contributed by atoms with van der Waals surface area (Å²) < 4.78 is 6.40. The molecular formula is C14H16BrNO2. The first-order valence-corrected chi connectivity index (χ1v) is 6.62. The minimum absolute atomic E-state index is 0.0169. The number of aliphatic hydroxyl groups excluding tert-OH is 1. The number of benzene rings is 1. The Bertz CT molecular complexity index is 497. The zero-order valence-corrected chi connectivity index (χ0v) is 11.8. The van der Waals surface area contributed by atoms with Crippen LogP contribution in [0.1, 0.15) is 22.9 Å². The normalized spacial score (nSPS) is 12.6. The third-order valence-corrected chi connectivity index (χ3v) is 3.73. The summed E-state index contributed by atoms with van der Waals surface area (Å²) in [7, 11) is 0. The van der Waals surface area contributed by atoms with Gasteiger partial charge < -0.3 is 14.8 Å². The van der Waals surface area contributed by atoms with Crippen LogP contribution in [0.3, 0.4) is 0 Å². The molecule has 2 rings (SSSR count). The van der Waals surface area contributed by atoms with Crippen molar-refractivity contribution in [2.75, 3.05) is 6.61 Å². The summed E-state index contributed by atoms with van der Waals surface area (Å²) in [4.78, 5) is 0. The molecule has 0 aliphatic rings. The molecule has 1 unspecified atom stereocenters. The van der Waals surface area contributed by atoms with Crippen LogP contribution in [0.5, 0.6) is 0 Å². The molecule has 1 aromatic heterocycles. The van der Waals surface area contributed by atoms with E-state index in [1.807, 2.05) is 18.2 Å².